The molecule has 2 bridgehead atoms. The SMILES string of the molecule is CN(c1ccc(-c2ccc(-c3nn[nH]n3)cc2O)nn1)C1C[C@H]2CC[C@@H](C1)C2. The number of aromatic hydroxyl groups is 1. The summed E-state index contributed by atoms with van der Waals surface area (Å²) in [4.78, 5) is 2.28. The zero-order valence-electron chi connectivity index (χ0n) is 15.8. The fourth-order valence-corrected chi connectivity index (χ4v) is 4.80. The number of aromatic nitrogens is 6. The molecule has 0 spiro atoms. The van der Waals surface area contributed by atoms with Crippen LogP contribution < -0.4 is 4.90 Å². The van der Waals surface area contributed by atoms with Crippen molar-refractivity contribution < 1.29 is 5.11 Å². The first-order valence-corrected chi connectivity index (χ1v) is 9.81. The van der Waals surface area contributed by atoms with Gasteiger partial charge in [0.05, 0.1) is 5.69 Å². The van der Waals surface area contributed by atoms with E-state index >= 15 is 0 Å². The molecule has 2 heterocycles. The van der Waals surface area contributed by atoms with Crippen LogP contribution in [0.4, 0.5) is 5.82 Å². The van der Waals surface area contributed by atoms with Gasteiger partial charge in [-0.2, -0.15) is 5.21 Å². The molecular weight excluding hydrogens is 354 g/mol. The maximum Gasteiger partial charge on any atom is 0.204 e. The molecule has 0 saturated heterocycles. The highest BCUT2D eigenvalue weighted by molar-refractivity contribution is 5.72. The van der Waals surface area contributed by atoms with Gasteiger partial charge in [-0.05, 0) is 60.6 Å². The molecule has 8 heteroatoms. The molecule has 2 aliphatic carbocycles. The minimum absolute atomic E-state index is 0.113. The summed E-state index contributed by atoms with van der Waals surface area (Å²) in [5, 5.41) is 33.0. The van der Waals surface area contributed by atoms with Gasteiger partial charge in [0, 0.05) is 24.2 Å². The predicted molar refractivity (Wildman–Crippen MR) is 105 cm³/mol. The van der Waals surface area contributed by atoms with Crippen LogP contribution in [-0.2, 0) is 0 Å². The topological polar surface area (TPSA) is 104 Å². The van der Waals surface area contributed by atoms with Crippen LogP contribution in [0.2, 0.25) is 0 Å². The second kappa shape index (κ2) is 6.85. The Kier molecular flexibility index (Phi) is 4.18. The van der Waals surface area contributed by atoms with Gasteiger partial charge in [-0.3, -0.25) is 0 Å². The number of H-pyrrole nitrogens is 1. The van der Waals surface area contributed by atoms with Gasteiger partial charge < -0.3 is 10.0 Å². The van der Waals surface area contributed by atoms with E-state index in [1.54, 1.807) is 12.1 Å². The molecule has 2 aliphatic rings. The first kappa shape index (κ1) is 17.1. The lowest BCUT2D eigenvalue weighted by Gasteiger charge is -2.35. The predicted octanol–water partition coefficient (Wildman–Crippen LogP) is 3.04. The number of aromatic amines is 1. The molecule has 1 aromatic carbocycles. The Morgan fingerprint density at radius 2 is 1.82 bits per heavy atom. The third-order valence-corrected chi connectivity index (χ3v) is 6.30. The summed E-state index contributed by atoms with van der Waals surface area (Å²) < 4.78 is 0. The van der Waals surface area contributed by atoms with Crippen molar-refractivity contribution in [2.75, 3.05) is 11.9 Å². The van der Waals surface area contributed by atoms with E-state index < -0.39 is 0 Å². The third kappa shape index (κ3) is 3.08. The van der Waals surface area contributed by atoms with Crippen LogP contribution in [0, 0.1) is 11.8 Å². The number of benzene rings is 1. The maximum atomic E-state index is 10.4. The van der Waals surface area contributed by atoms with Gasteiger partial charge in [-0.25, -0.2) is 0 Å². The number of hydrogen-bond acceptors (Lipinski definition) is 7. The van der Waals surface area contributed by atoms with E-state index in [1.807, 2.05) is 18.2 Å². The second-order valence-corrected chi connectivity index (χ2v) is 8.03. The van der Waals surface area contributed by atoms with Crippen LogP contribution in [0.3, 0.4) is 0 Å². The normalized spacial score (nSPS) is 23.7. The smallest absolute Gasteiger partial charge is 0.204 e. The molecule has 1 unspecified atom stereocenters. The van der Waals surface area contributed by atoms with Crippen LogP contribution in [0.15, 0.2) is 30.3 Å². The number of phenolic OH excluding ortho intramolecular Hbond substituents is 1. The van der Waals surface area contributed by atoms with Crippen molar-refractivity contribution >= 4 is 5.82 Å². The fourth-order valence-electron chi connectivity index (χ4n) is 4.80. The quantitative estimate of drug-likeness (QED) is 0.720. The lowest BCUT2D eigenvalue weighted by molar-refractivity contribution is 0.312. The van der Waals surface area contributed by atoms with E-state index in [0.29, 0.717) is 28.7 Å². The highest BCUT2D eigenvalue weighted by Crippen LogP contribution is 2.43. The van der Waals surface area contributed by atoms with E-state index in [9.17, 15) is 5.11 Å². The zero-order valence-corrected chi connectivity index (χ0v) is 15.8. The molecule has 144 valence electrons. The van der Waals surface area contributed by atoms with Crippen molar-refractivity contribution in [3.8, 4) is 28.4 Å². The molecular formula is C20H23N7O. The van der Waals surface area contributed by atoms with Crippen LogP contribution in [0.25, 0.3) is 22.6 Å². The summed E-state index contributed by atoms with van der Waals surface area (Å²) in [6, 6.07) is 9.70. The van der Waals surface area contributed by atoms with Crippen LogP contribution in [0.5, 0.6) is 5.75 Å². The van der Waals surface area contributed by atoms with E-state index in [4.69, 9.17) is 0 Å². The van der Waals surface area contributed by atoms with Gasteiger partial charge in [0.15, 0.2) is 5.82 Å². The van der Waals surface area contributed by atoms with Crippen molar-refractivity contribution in [3.63, 3.8) is 0 Å². The van der Waals surface area contributed by atoms with Crippen LogP contribution in [0.1, 0.15) is 32.1 Å². The van der Waals surface area contributed by atoms with E-state index in [1.165, 1.54) is 32.1 Å². The maximum absolute atomic E-state index is 10.4. The molecule has 0 aliphatic heterocycles. The van der Waals surface area contributed by atoms with Gasteiger partial charge in [0.1, 0.15) is 5.75 Å². The van der Waals surface area contributed by atoms with E-state index in [-0.39, 0.29) is 5.75 Å². The Morgan fingerprint density at radius 3 is 2.46 bits per heavy atom. The molecule has 2 saturated carbocycles. The largest absolute Gasteiger partial charge is 0.507 e. The number of nitrogens with one attached hydrogen (secondary N) is 1. The molecule has 28 heavy (non-hydrogen) atoms. The van der Waals surface area contributed by atoms with Gasteiger partial charge in [0.2, 0.25) is 5.82 Å². The Morgan fingerprint density at radius 1 is 1.00 bits per heavy atom. The molecule has 2 fully saturated rings. The lowest BCUT2D eigenvalue weighted by Crippen LogP contribution is -2.37. The zero-order chi connectivity index (χ0) is 19.1. The van der Waals surface area contributed by atoms with Crippen molar-refractivity contribution in [2.24, 2.45) is 11.8 Å². The van der Waals surface area contributed by atoms with Gasteiger partial charge >= 0.3 is 0 Å². The Labute approximate surface area is 163 Å². The Balaban J connectivity index is 1.35. The summed E-state index contributed by atoms with van der Waals surface area (Å²) in [6.45, 7) is 0. The highest BCUT2D eigenvalue weighted by Gasteiger charge is 2.36. The van der Waals surface area contributed by atoms with E-state index in [0.717, 1.165) is 17.7 Å². The number of anilines is 1. The lowest BCUT2D eigenvalue weighted by atomic mass is 9.85. The summed E-state index contributed by atoms with van der Waals surface area (Å²) in [7, 11) is 2.12. The van der Waals surface area contributed by atoms with Crippen molar-refractivity contribution in [1.29, 1.82) is 0 Å². The number of nitrogens with zero attached hydrogens (tertiary/aromatic N) is 6. The molecule has 2 aromatic heterocycles. The molecule has 2 N–H and O–H groups in total. The molecule has 0 radical (unpaired) electrons. The molecule has 8 nitrogen and oxygen atoms in total. The Hall–Kier alpha value is -3.03. The van der Waals surface area contributed by atoms with Gasteiger partial charge in [0.25, 0.3) is 0 Å². The fraction of sp³-hybridized carbons (Fsp3) is 0.450. The number of rotatable bonds is 4. The molecule has 0 amide bonds. The molecule has 3 atom stereocenters. The molecule has 5 rings (SSSR count). The van der Waals surface area contributed by atoms with Crippen molar-refractivity contribution in [1.82, 2.24) is 30.8 Å². The number of hydrogen-bond donors (Lipinski definition) is 2. The van der Waals surface area contributed by atoms with Crippen molar-refractivity contribution in [2.45, 2.75) is 38.1 Å². The number of phenols is 1. The summed E-state index contributed by atoms with van der Waals surface area (Å²) >= 11 is 0. The summed E-state index contributed by atoms with van der Waals surface area (Å²) in [6.07, 6.45) is 6.70. The second-order valence-electron chi connectivity index (χ2n) is 8.03. The Bertz CT molecular complexity index is 945. The average molecular weight is 377 g/mol. The van der Waals surface area contributed by atoms with Crippen LogP contribution >= 0.6 is 0 Å². The number of tetrazole rings is 1. The first-order chi connectivity index (χ1) is 13.7. The van der Waals surface area contributed by atoms with Crippen molar-refractivity contribution in [3.05, 3.63) is 30.3 Å². The molecule has 3 aromatic rings. The monoisotopic (exact) mass is 377 g/mol. The average Bonchev–Trinajstić information content (AvgIpc) is 3.37. The van der Waals surface area contributed by atoms with E-state index in [2.05, 4.69) is 42.8 Å². The number of fused-ring (bicyclic) bond motifs is 2. The standard InChI is InChI=1S/C20H23N7O/c1-27(15-9-12-2-3-13(8-12)10-15)19-7-6-17(21-22-19)16-5-4-14(11-18(16)28)20-23-25-26-24-20/h4-7,11-13,15,28H,2-3,8-10H2,1H3,(H,23,24,25,26)/t12-,13+,15?. The minimum Gasteiger partial charge on any atom is -0.507 e. The van der Waals surface area contributed by atoms with Gasteiger partial charge in [-0.1, -0.05) is 18.9 Å². The highest BCUT2D eigenvalue weighted by atomic mass is 16.3. The third-order valence-electron chi connectivity index (χ3n) is 6.30. The summed E-state index contributed by atoms with van der Waals surface area (Å²) in [5.41, 5.74) is 1.95. The van der Waals surface area contributed by atoms with Crippen LogP contribution in [-0.4, -0.2) is 49.0 Å². The first-order valence-electron chi connectivity index (χ1n) is 9.81. The van der Waals surface area contributed by atoms with Gasteiger partial charge in [-0.15, -0.1) is 20.4 Å². The minimum atomic E-state index is 0.113. The summed E-state index contributed by atoms with van der Waals surface area (Å²) in [5.74, 6) is 3.20.